The van der Waals surface area contributed by atoms with Crippen molar-refractivity contribution >= 4 is 11.5 Å². The Balaban J connectivity index is 2.05. The summed E-state index contributed by atoms with van der Waals surface area (Å²) in [6.45, 7) is 4.08. The molecule has 0 bridgehead atoms. The Morgan fingerprint density at radius 2 is 2.10 bits per heavy atom. The zero-order valence-electron chi connectivity index (χ0n) is 11.9. The van der Waals surface area contributed by atoms with Crippen LogP contribution < -0.4 is 5.32 Å². The first-order valence-corrected chi connectivity index (χ1v) is 6.57. The van der Waals surface area contributed by atoms with Crippen molar-refractivity contribution in [3.05, 3.63) is 63.1 Å². The predicted molar refractivity (Wildman–Crippen MR) is 79.0 cm³/mol. The average Bonchev–Trinajstić information content (AvgIpc) is 2.42. The quantitative estimate of drug-likeness (QED) is 0.676. The van der Waals surface area contributed by atoms with Crippen LogP contribution in [-0.2, 0) is 6.42 Å². The molecule has 0 spiro atoms. The maximum absolute atomic E-state index is 13.0. The van der Waals surface area contributed by atoms with E-state index < -0.39 is 4.92 Å². The van der Waals surface area contributed by atoms with Crippen molar-refractivity contribution in [1.29, 1.82) is 0 Å². The van der Waals surface area contributed by atoms with E-state index in [0.29, 0.717) is 13.0 Å². The number of benzene rings is 1. The van der Waals surface area contributed by atoms with E-state index in [1.807, 2.05) is 6.92 Å². The van der Waals surface area contributed by atoms with E-state index in [4.69, 9.17) is 0 Å². The highest BCUT2D eigenvalue weighted by molar-refractivity contribution is 5.56. The van der Waals surface area contributed by atoms with Crippen molar-refractivity contribution in [2.75, 3.05) is 11.9 Å². The van der Waals surface area contributed by atoms with Crippen LogP contribution in [0.1, 0.15) is 16.7 Å². The molecular formula is C15H16FN3O2. The standard InChI is InChI=1S/C15H16FN3O2/c1-10-7-14(19(20)21)15(18-9-10)17-6-5-12-3-4-13(16)8-11(12)2/h3-4,7-9H,5-6H2,1-2H3,(H,17,18). The van der Waals surface area contributed by atoms with Gasteiger partial charge in [0.15, 0.2) is 0 Å². The topological polar surface area (TPSA) is 68.1 Å². The molecule has 0 aliphatic rings. The lowest BCUT2D eigenvalue weighted by molar-refractivity contribution is -0.384. The molecule has 1 heterocycles. The van der Waals surface area contributed by atoms with Crippen molar-refractivity contribution in [2.45, 2.75) is 20.3 Å². The summed E-state index contributed by atoms with van der Waals surface area (Å²) in [6, 6.07) is 6.10. The summed E-state index contributed by atoms with van der Waals surface area (Å²) in [7, 11) is 0. The lowest BCUT2D eigenvalue weighted by Crippen LogP contribution is -2.09. The Kier molecular flexibility index (Phi) is 4.47. The number of anilines is 1. The first kappa shape index (κ1) is 14.9. The fraction of sp³-hybridized carbons (Fsp3) is 0.267. The van der Waals surface area contributed by atoms with Crippen LogP contribution >= 0.6 is 0 Å². The Bertz CT molecular complexity index is 674. The second kappa shape index (κ2) is 6.30. The van der Waals surface area contributed by atoms with Crippen LogP contribution in [0.5, 0.6) is 0 Å². The first-order chi connectivity index (χ1) is 9.97. The van der Waals surface area contributed by atoms with Gasteiger partial charge in [-0.15, -0.1) is 0 Å². The van der Waals surface area contributed by atoms with E-state index in [-0.39, 0.29) is 17.3 Å². The number of aryl methyl sites for hydroxylation is 2. The smallest absolute Gasteiger partial charge is 0.311 e. The number of rotatable bonds is 5. The van der Waals surface area contributed by atoms with Gasteiger partial charge in [0.2, 0.25) is 5.82 Å². The Labute approximate surface area is 122 Å². The number of hydrogen-bond donors (Lipinski definition) is 1. The molecule has 5 nitrogen and oxygen atoms in total. The van der Waals surface area contributed by atoms with Gasteiger partial charge < -0.3 is 5.32 Å². The highest BCUT2D eigenvalue weighted by atomic mass is 19.1. The molecule has 0 aliphatic heterocycles. The maximum atomic E-state index is 13.0. The van der Waals surface area contributed by atoms with Crippen LogP contribution in [0.2, 0.25) is 0 Å². The Hall–Kier alpha value is -2.50. The molecule has 0 unspecified atom stereocenters. The predicted octanol–water partition coefficient (Wildman–Crippen LogP) is 3.40. The molecule has 110 valence electrons. The third-order valence-corrected chi connectivity index (χ3v) is 3.19. The number of halogens is 1. The van der Waals surface area contributed by atoms with Gasteiger partial charge in [-0.3, -0.25) is 10.1 Å². The van der Waals surface area contributed by atoms with Crippen LogP contribution in [0, 0.1) is 29.8 Å². The van der Waals surface area contributed by atoms with Gasteiger partial charge in [0, 0.05) is 18.8 Å². The Morgan fingerprint density at radius 3 is 2.76 bits per heavy atom. The zero-order valence-corrected chi connectivity index (χ0v) is 11.9. The summed E-state index contributed by atoms with van der Waals surface area (Å²) < 4.78 is 13.0. The molecule has 6 heteroatoms. The monoisotopic (exact) mass is 289 g/mol. The molecule has 0 amide bonds. The van der Waals surface area contributed by atoms with Crippen LogP contribution in [-0.4, -0.2) is 16.5 Å². The van der Waals surface area contributed by atoms with Crippen LogP contribution in [0.3, 0.4) is 0 Å². The summed E-state index contributed by atoms with van der Waals surface area (Å²) in [5.74, 6) is -0.00888. The number of hydrogen-bond acceptors (Lipinski definition) is 4. The van der Waals surface area contributed by atoms with Crippen molar-refractivity contribution in [3.8, 4) is 0 Å². The van der Waals surface area contributed by atoms with E-state index in [0.717, 1.165) is 16.7 Å². The van der Waals surface area contributed by atoms with E-state index in [9.17, 15) is 14.5 Å². The fourth-order valence-electron chi connectivity index (χ4n) is 2.08. The summed E-state index contributed by atoms with van der Waals surface area (Å²) in [5, 5.41) is 13.9. The molecule has 0 aliphatic carbocycles. The number of aromatic nitrogens is 1. The molecule has 2 aromatic rings. The lowest BCUT2D eigenvalue weighted by Gasteiger charge is -2.08. The molecule has 0 fully saturated rings. The highest BCUT2D eigenvalue weighted by Gasteiger charge is 2.14. The third kappa shape index (κ3) is 3.75. The Morgan fingerprint density at radius 1 is 1.33 bits per heavy atom. The van der Waals surface area contributed by atoms with Crippen LogP contribution in [0.4, 0.5) is 15.9 Å². The minimum Gasteiger partial charge on any atom is -0.364 e. The largest absolute Gasteiger partial charge is 0.364 e. The van der Waals surface area contributed by atoms with Crippen molar-refractivity contribution in [1.82, 2.24) is 4.98 Å². The number of nitrogens with zero attached hydrogens (tertiary/aromatic N) is 2. The fourth-order valence-corrected chi connectivity index (χ4v) is 2.08. The molecule has 1 aromatic carbocycles. The van der Waals surface area contributed by atoms with E-state index in [1.54, 1.807) is 19.2 Å². The number of pyridine rings is 1. The first-order valence-electron chi connectivity index (χ1n) is 6.57. The van der Waals surface area contributed by atoms with E-state index in [2.05, 4.69) is 10.3 Å². The normalized spacial score (nSPS) is 10.4. The van der Waals surface area contributed by atoms with Gasteiger partial charge in [0.1, 0.15) is 5.82 Å². The highest BCUT2D eigenvalue weighted by Crippen LogP contribution is 2.22. The van der Waals surface area contributed by atoms with Gasteiger partial charge in [0.05, 0.1) is 4.92 Å². The number of nitro groups is 1. The van der Waals surface area contributed by atoms with Crippen molar-refractivity contribution < 1.29 is 9.31 Å². The second-order valence-corrected chi connectivity index (χ2v) is 4.89. The lowest BCUT2D eigenvalue weighted by atomic mass is 10.1. The number of nitrogens with one attached hydrogen (secondary N) is 1. The minimum absolute atomic E-state index is 0.0363. The third-order valence-electron chi connectivity index (χ3n) is 3.19. The van der Waals surface area contributed by atoms with Gasteiger partial charge in [-0.1, -0.05) is 6.07 Å². The van der Waals surface area contributed by atoms with Gasteiger partial charge in [0.25, 0.3) is 0 Å². The van der Waals surface area contributed by atoms with Gasteiger partial charge >= 0.3 is 5.69 Å². The molecule has 2 rings (SSSR count). The zero-order chi connectivity index (χ0) is 15.4. The molecule has 1 N–H and O–H groups in total. The van der Waals surface area contributed by atoms with E-state index in [1.165, 1.54) is 18.2 Å². The van der Waals surface area contributed by atoms with Crippen molar-refractivity contribution in [2.24, 2.45) is 0 Å². The minimum atomic E-state index is -0.453. The molecule has 21 heavy (non-hydrogen) atoms. The molecular weight excluding hydrogens is 273 g/mol. The van der Waals surface area contributed by atoms with Gasteiger partial charge in [-0.25, -0.2) is 9.37 Å². The molecule has 0 radical (unpaired) electrons. The SMILES string of the molecule is Cc1cnc(NCCc2ccc(F)cc2C)c([N+](=O)[O-])c1. The molecule has 0 saturated heterocycles. The summed E-state index contributed by atoms with van der Waals surface area (Å²) in [4.78, 5) is 14.6. The maximum Gasteiger partial charge on any atom is 0.311 e. The van der Waals surface area contributed by atoms with Gasteiger partial charge in [-0.05, 0) is 49.1 Å². The van der Waals surface area contributed by atoms with Crippen molar-refractivity contribution in [3.63, 3.8) is 0 Å². The summed E-state index contributed by atoms with van der Waals surface area (Å²) >= 11 is 0. The summed E-state index contributed by atoms with van der Waals surface area (Å²) in [5.41, 5.74) is 2.56. The summed E-state index contributed by atoms with van der Waals surface area (Å²) in [6.07, 6.45) is 2.22. The molecule has 0 atom stereocenters. The van der Waals surface area contributed by atoms with E-state index >= 15 is 0 Å². The van der Waals surface area contributed by atoms with Crippen LogP contribution in [0.15, 0.2) is 30.5 Å². The average molecular weight is 289 g/mol. The van der Waals surface area contributed by atoms with Crippen LogP contribution in [0.25, 0.3) is 0 Å². The molecule has 1 aromatic heterocycles. The second-order valence-electron chi connectivity index (χ2n) is 4.89. The molecule has 0 saturated carbocycles. The van der Waals surface area contributed by atoms with Gasteiger partial charge in [-0.2, -0.15) is 0 Å².